The van der Waals surface area contributed by atoms with Crippen LogP contribution in [0.5, 0.6) is 5.75 Å². The largest absolute Gasteiger partial charge is 0.496 e. The van der Waals surface area contributed by atoms with Crippen LogP contribution in [0.15, 0.2) is 35.6 Å². The molecule has 1 aliphatic carbocycles. The van der Waals surface area contributed by atoms with Crippen molar-refractivity contribution in [3.05, 3.63) is 41.7 Å². The molecule has 0 N–H and O–H groups in total. The van der Waals surface area contributed by atoms with E-state index in [1.807, 2.05) is 35.9 Å². The molecule has 0 bridgehead atoms. The molecule has 164 valence electrons. The smallest absolute Gasteiger partial charge is 0.227 e. The van der Waals surface area contributed by atoms with Crippen molar-refractivity contribution in [2.75, 3.05) is 26.5 Å². The summed E-state index contributed by atoms with van der Waals surface area (Å²) < 4.78 is 39.1. The molecule has 1 aromatic heterocycles. The number of hydrogen-bond acceptors (Lipinski definition) is 6. The monoisotopic (exact) mass is 433 g/mol. The highest BCUT2D eigenvalue weighted by molar-refractivity contribution is 7.91. The minimum atomic E-state index is -3.40. The molecular formula is C22H31N3O4S. The molecule has 1 atom stereocenters. The molecule has 1 saturated carbocycles. The van der Waals surface area contributed by atoms with Crippen LogP contribution in [0.1, 0.15) is 36.9 Å². The quantitative estimate of drug-likeness (QED) is 0.574. The second kappa shape index (κ2) is 9.08. The van der Waals surface area contributed by atoms with Gasteiger partial charge in [-0.1, -0.05) is 18.2 Å². The predicted molar refractivity (Wildman–Crippen MR) is 114 cm³/mol. The second-order valence-electron chi connectivity index (χ2n) is 8.49. The van der Waals surface area contributed by atoms with Gasteiger partial charge in [0.1, 0.15) is 5.75 Å². The number of ether oxygens (including phenoxy) is 2. The summed E-state index contributed by atoms with van der Waals surface area (Å²) >= 11 is 0. The molecule has 0 unspecified atom stereocenters. The van der Waals surface area contributed by atoms with Crippen LogP contribution in [0.3, 0.4) is 0 Å². The van der Waals surface area contributed by atoms with Crippen molar-refractivity contribution in [3.8, 4) is 5.75 Å². The van der Waals surface area contributed by atoms with Gasteiger partial charge >= 0.3 is 0 Å². The molecule has 2 aromatic rings. The molecule has 0 amide bonds. The fourth-order valence-corrected chi connectivity index (χ4v) is 5.92. The molecule has 1 aromatic carbocycles. The summed E-state index contributed by atoms with van der Waals surface area (Å²) in [6, 6.07) is 7.95. The summed E-state index contributed by atoms with van der Waals surface area (Å²) in [5.74, 6) is 1.34. The molecule has 1 aliphatic heterocycles. The SMILES string of the molecule is COc1ccccc1CN(C)Cc1cnc(S(=O)(=O)CC2CC2)n1C[C@@H]1CCCO1. The fraction of sp³-hybridized carbons (Fsp3) is 0.591. The van der Waals surface area contributed by atoms with Crippen LogP contribution in [-0.2, 0) is 34.2 Å². The third-order valence-electron chi connectivity index (χ3n) is 5.81. The Hall–Kier alpha value is -1.90. The number of sulfone groups is 1. The van der Waals surface area contributed by atoms with Gasteiger partial charge in [0.15, 0.2) is 0 Å². The van der Waals surface area contributed by atoms with Crippen LogP contribution in [0, 0.1) is 5.92 Å². The zero-order chi connectivity index (χ0) is 21.1. The Balaban J connectivity index is 1.55. The van der Waals surface area contributed by atoms with E-state index in [1.165, 1.54) is 0 Å². The van der Waals surface area contributed by atoms with Crippen LogP contribution in [0.25, 0.3) is 0 Å². The Morgan fingerprint density at radius 1 is 1.23 bits per heavy atom. The minimum Gasteiger partial charge on any atom is -0.496 e. The zero-order valence-corrected chi connectivity index (χ0v) is 18.6. The zero-order valence-electron chi connectivity index (χ0n) is 17.8. The van der Waals surface area contributed by atoms with E-state index in [1.54, 1.807) is 13.3 Å². The van der Waals surface area contributed by atoms with Gasteiger partial charge in [0, 0.05) is 25.3 Å². The van der Waals surface area contributed by atoms with E-state index in [0.717, 1.165) is 49.3 Å². The molecule has 1 saturated heterocycles. The Morgan fingerprint density at radius 2 is 2.03 bits per heavy atom. The second-order valence-corrected chi connectivity index (χ2v) is 10.4. The van der Waals surface area contributed by atoms with E-state index in [4.69, 9.17) is 9.47 Å². The highest BCUT2D eigenvalue weighted by atomic mass is 32.2. The first kappa shape index (κ1) is 21.3. The summed E-state index contributed by atoms with van der Waals surface area (Å²) in [7, 11) is 0.299. The molecule has 7 nitrogen and oxygen atoms in total. The van der Waals surface area contributed by atoms with Crippen molar-refractivity contribution >= 4 is 9.84 Å². The molecule has 2 aliphatic rings. The summed E-state index contributed by atoms with van der Waals surface area (Å²) in [5.41, 5.74) is 1.99. The summed E-state index contributed by atoms with van der Waals surface area (Å²) in [4.78, 5) is 6.52. The summed E-state index contributed by atoms with van der Waals surface area (Å²) in [6.07, 6.45) is 5.74. The first-order chi connectivity index (χ1) is 14.5. The molecule has 8 heteroatoms. The van der Waals surface area contributed by atoms with Gasteiger partial charge in [-0.3, -0.25) is 4.90 Å². The van der Waals surface area contributed by atoms with Crippen LogP contribution < -0.4 is 4.74 Å². The molecule has 30 heavy (non-hydrogen) atoms. The average molecular weight is 434 g/mol. The van der Waals surface area contributed by atoms with Gasteiger partial charge in [-0.25, -0.2) is 13.4 Å². The van der Waals surface area contributed by atoms with Crippen LogP contribution in [0.4, 0.5) is 0 Å². The first-order valence-electron chi connectivity index (χ1n) is 10.7. The van der Waals surface area contributed by atoms with E-state index in [0.29, 0.717) is 25.6 Å². The number of para-hydroxylation sites is 1. The van der Waals surface area contributed by atoms with Crippen molar-refractivity contribution < 1.29 is 17.9 Å². The van der Waals surface area contributed by atoms with Gasteiger partial charge in [0.05, 0.1) is 37.4 Å². The maximum absolute atomic E-state index is 13.0. The number of rotatable bonds is 10. The standard InChI is InChI=1S/C22H31N3O4S/c1-24(13-18-6-3-4-8-21(18)28-2)14-19-12-23-22(30(26,27)16-17-9-10-17)25(19)15-20-7-5-11-29-20/h3-4,6,8,12,17,20H,5,7,9-11,13-16H2,1-2H3/t20-/m0/s1. The van der Waals surface area contributed by atoms with Crippen molar-refractivity contribution in [1.29, 1.82) is 0 Å². The fourth-order valence-electron chi connectivity index (χ4n) is 4.08. The topological polar surface area (TPSA) is 73.7 Å². The van der Waals surface area contributed by atoms with Gasteiger partial charge in [-0.05, 0) is 44.7 Å². The number of nitrogens with zero attached hydrogens (tertiary/aromatic N) is 3. The van der Waals surface area contributed by atoms with E-state index >= 15 is 0 Å². The third-order valence-corrected chi connectivity index (χ3v) is 7.60. The lowest BCUT2D eigenvalue weighted by Crippen LogP contribution is -2.25. The van der Waals surface area contributed by atoms with Gasteiger partial charge < -0.3 is 14.0 Å². The number of methoxy groups -OCH3 is 1. The number of hydrogen-bond donors (Lipinski definition) is 0. The minimum absolute atomic E-state index is 0.0485. The Bertz CT molecular complexity index is 963. The maximum Gasteiger partial charge on any atom is 0.227 e. The van der Waals surface area contributed by atoms with Crippen LogP contribution in [0.2, 0.25) is 0 Å². The Kier molecular flexibility index (Phi) is 6.46. The van der Waals surface area contributed by atoms with Gasteiger partial charge in [0.2, 0.25) is 15.0 Å². The van der Waals surface area contributed by atoms with Gasteiger partial charge in [0.25, 0.3) is 0 Å². The number of imidazole rings is 1. The van der Waals surface area contributed by atoms with Crippen molar-refractivity contribution in [2.24, 2.45) is 5.92 Å². The normalized spacial score (nSPS) is 19.5. The maximum atomic E-state index is 13.0. The average Bonchev–Trinajstić information content (AvgIpc) is 3.20. The third kappa shape index (κ3) is 5.04. The van der Waals surface area contributed by atoms with E-state index in [9.17, 15) is 8.42 Å². The summed E-state index contributed by atoms with van der Waals surface area (Å²) in [6.45, 7) is 2.57. The van der Waals surface area contributed by atoms with E-state index in [2.05, 4.69) is 9.88 Å². The molecule has 0 spiro atoms. The lowest BCUT2D eigenvalue weighted by molar-refractivity contribution is 0.0934. The molecule has 4 rings (SSSR count). The highest BCUT2D eigenvalue weighted by Gasteiger charge is 2.33. The Morgan fingerprint density at radius 3 is 2.73 bits per heavy atom. The number of aromatic nitrogens is 2. The summed E-state index contributed by atoms with van der Waals surface area (Å²) in [5, 5.41) is 0.200. The van der Waals surface area contributed by atoms with Crippen LogP contribution in [-0.4, -0.2) is 55.5 Å². The van der Waals surface area contributed by atoms with E-state index < -0.39 is 9.84 Å². The molecular weight excluding hydrogens is 402 g/mol. The highest BCUT2D eigenvalue weighted by Crippen LogP contribution is 2.32. The molecule has 0 radical (unpaired) electrons. The molecule has 2 heterocycles. The predicted octanol–water partition coefficient (Wildman–Crippen LogP) is 2.89. The lowest BCUT2D eigenvalue weighted by atomic mass is 10.2. The van der Waals surface area contributed by atoms with Crippen molar-refractivity contribution in [2.45, 2.75) is 56.6 Å². The lowest BCUT2D eigenvalue weighted by Gasteiger charge is -2.21. The number of benzene rings is 1. The molecule has 2 fully saturated rings. The van der Waals surface area contributed by atoms with Crippen LogP contribution >= 0.6 is 0 Å². The Labute approximate surface area is 178 Å². The van der Waals surface area contributed by atoms with Crippen molar-refractivity contribution in [3.63, 3.8) is 0 Å². The first-order valence-corrected chi connectivity index (χ1v) is 12.3. The van der Waals surface area contributed by atoms with Gasteiger partial charge in [-0.2, -0.15) is 0 Å². The van der Waals surface area contributed by atoms with Crippen molar-refractivity contribution in [1.82, 2.24) is 14.5 Å². The van der Waals surface area contributed by atoms with E-state index in [-0.39, 0.29) is 17.0 Å². The van der Waals surface area contributed by atoms with Gasteiger partial charge in [-0.15, -0.1) is 0 Å².